The fraction of sp³-hybridized carbons (Fsp3) is 0.576. The van der Waals surface area contributed by atoms with E-state index in [-0.39, 0.29) is 17.8 Å². The highest BCUT2D eigenvalue weighted by Gasteiger charge is 2.21. The van der Waals surface area contributed by atoms with Gasteiger partial charge >= 0.3 is 0 Å². The highest BCUT2D eigenvalue weighted by molar-refractivity contribution is 5.87. The Labute approximate surface area is 271 Å². The van der Waals surface area contributed by atoms with Crippen molar-refractivity contribution in [3.63, 3.8) is 0 Å². The van der Waals surface area contributed by atoms with E-state index in [1.54, 1.807) is 7.11 Å². The van der Waals surface area contributed by atoms with Crippen LogP contribution in [0.4, 0.5) is 11.8 Å². The summed E-state index contributed by atoms with van der Waals surface area (Å²) in [5.41, 5.74) is 9.97. The second kappa shape index (κ2) is 18.3. The van der Waals surface area contributed by atoms with Crippen molar-refractivity contribution in [2.24, 2.45) is 0 Å². The van der Waals surface area contributed by atoms with E-state index in [2.05, 4.69) is 55.2 Å². The van der Waals surface area contributed by atoms with Gasteiger partial charge in [-0.1, -0.05) is 31.9 Å². The van der Waals surface area contributed by atoms with Crippen LogP contribution in [0.1, 0.15) is 50.7 Å². The summed E-state index contributed by atoms with van der Waals surface area (Å²) in [5.74, 6) is 1.89. The molecule has 0 bridgehead atoms. The molecule has 0 saturated carbocycles. The number of piperazine rings is 1. The molecule has 4 rings (SSSR count). The first-order valence-electron chi connectivity index (χ1n) is 16.3. The predicted molar refractivity (Wildman–Crippen MR) is 179 cm³/mol. The average Bonchev–Trinajstić information content (AvgIpc) is 3.45. The molecule has 1 fully saturated rings. The van der Waals surface area contributed by atoms with Gasteiger partial charge in [0.05, 0.1) is 52.0 Å². The number of rotatable bonds is 19. The van der Waals surface area contributed by atoms with E-state index in [0.717, 1.165) is 73.6 Å². The van der Waals surface area contributed by atoms with Crippen LogP contribution in [0.25, 0.3) is 11.0 Å². The third-order valence-corrected chi connectivity index (χ3v) is 7.98. The summed E-state index contributed by atoms with van der Waals surface area (Å²) in [5, 5.41) is 6.13. The fourth-order valence-electron chi connectivity index (χ4n) is 5.52. The summed E-state index contributed by atoms with van der Waals surface area (Å²) in [6.45, 7) is 11.1. The highest BCUT2D eigenvalue weighted by Crippen LogP contribution is 2.27. The van der Waals surface area contributed by atoms with Crippen LogP contribution in [0.15, 0.2) is 30.5 Å². The molecular formula is C33H50N8O5. The normalized spacial score (nSPS) is 13.7. The van der Waals surface area contributed by atoms with Gasteiger partial charge in [0.25, 0.3) is 0 Å². The number of benzene rings is 1. The van der Waals surface area contributed by atoms with Crippen molar-refractivity contribution in [3.8, 4) is 5.75 Å². The minimum Gasteiger partial charge on any atom is -0.496 e. The first kappa shape index (κ1) is 34.9. The van der Waals surface area contributed by atoms with Crippen LogP contribution >= 0.6 is 0 Å². The molecule has 3 aromatic rings. The monoisotopic (exact) mass is 638 g/mol. The average molecular weight is 639 g/mol. The van der Waals surface area contributed by atoms with Gasteiger partial charge in [-0.15, -0.1) is 0 Å². The van der Waals surface area contributed by atoms with E-state index in [9.17, 15) is 9.59 Å². The zero-order chi connectivity index (χ0) is 32.7. The number of unbranched alkanes of at least 4 members (excludes halogenated alkanes) is 2. The first-order chi connectivity index (χ1) is 22.4. The third-order valence-electron chi connectivity index (χ3n) is 7.98. The number of fused-ring (bicyclic) bond motifs is 1. The third kappa shape index (κ3) is 10.6. The second-order valence-corrected chi connectivity index (χ2v) is 11.5. The van der Waals surface area contributed by atoms with E-state index in [1.165, 1.54) is 12.5 Å². The van der Waals surface area contributed by atoms with E-state index in [4.69, 9.17) is 19.9 Å². The van der Waals surface area contributed by atoms with Crippen molar-refractivity contribution < 1.29 is 23.8 Å². The maximum atomic E-state index is 12.7. The summed E-state index contributed by atoms with van der Waals surface area (Å²) in [6.07, 6.45) is 5.76. The van der Waals surface area contributed by atoms with Crippen molar-refractivity contribution in [2.75, 3.05) is 83.9 Å². The topological polar surface area (TPSA) is 149 Å². The summed E-state index contributed by atoms with van der Waals surface area (Å²) < 4.78 is 18.9. The minimum atomic E-state index is -0.0743. The molecule has 1 saturated heterocycles. The lowest BCUT2D eigenvalue weighted by Crippen LogP contribution is -2.48. The Morgan fingerprint density at radius 3 is 2.48 bits per heavy atom. The van der Waals surface area contributed by atoms with Gasteiger partial charge in [-0.05, 0) is 24.1 Å². The molecule has 46 heavy (non-hydrogen) atoms. The molecule has 2 aromatic heterocycles. The van der Waals surface area contributed by atoms with Crippen LogP contribution in [0.2, 0.25) is 0 Å². The molecule has 0 spiro atoms. The molecular weight excluding hydrogens is 588 g/mol. The van der Waals surface area contributed by atoms with Gasteiger partial charge in [0.15, 0.2) is 5.82 Å². The largest absolute Gasteiger partial charge is 0.496 e. The standard InChI is InChI=1S/C33H50N8O5/c1-4-5-6-11-36-32-31-28(37-33(34)38-32)9-13-41(31)24-27-8-7-26(22-29(27)44-3)23-39-14-16-40(17-15-39)30(43)10-18-45-20-21-46-19-12-35-25(2)42/h7-9,13,22H,4-6,10-12,14-21,23-24H2,1-3H3,(H,35,42)(H3,34,36,37,38). The molecule has 1 aliphatic heterocycles. The number of carbonyl (C=O) groups excluding carboxylic acids is 2. The Hall–Kier alpha value is -3.94. The number of ether oxygens (including phenoxy) is 3. The van der Waals surface area contributed by atoms with Gasteiger partial charge in [0, 0.05) is 64.5 Å². The van der Waals surface area contributed by atoms with Crippen LogP contribution in [0, 0.1) is 0 Å². The molecule has 0 radical (unpaired) electrons. The van der Waals surface area contributed by atoms with Gasteiger partial charge in [-0.2, -0.15) is 4.98 Å². The van der Waals surface area contributed by atoms with Crippen LogP contribution in [-0.2, 0) is 32.2 Å². The van der Waals surface area contributed by atoms with Crippen LogP contribution in [-0.4, -0.2) is 109 Å². The SMILES string of the molecule is CCCCCNc1nc(N)nc2ccn(Cc3ccc(CN4CCN(C(=O)CCOCCOCCNC(C)=O)CC4)cc3OC)c12. The molecule has 2 amide bonds. The van der Waals surface area contributed by atoms with Crippen molar-refractivity contribution >= 4 is 34.6 Å². The Bertz CT molecular complexity index is 1410. The number of aromatic nitrogens is 3. The number of anilines is 2. The van der Waals surface area contributed by atoms with E-state index in [1.807, 2.05) is 17.2 Å². The molecule has 3 heterocycles. The Kier molecular flexibility index (Phi) is 13.9. The lowest BCUT2D eigenvalue weighted by molar-refractivity contribution is -0.134. The number of hydrogen-bond donors (Lipinski definition) is 3. The lowest BCUT2D eigenvalue weighted by Gasteiger charge is -2.35. The Morgan fingerprint density at radius 2 is 1.74 bits per heavy atom. The van der Waals surface area contributed by atoms with E-state index < -0.39 is 0 Å². The zero-order valence-corrected chi connectivity index (χ0v) is 27.6. The number of nitrogen functional groups attached to an aromatic ring is 1. The number of amides is 2. The van der Waals surface area contributed by atoms with Crippen LogP contribution in [0.5, 0.6) is 5.75 Å². The summed E-state index contributed by atoms with van der Waals surface area (Å²) in [4.78, 5) is 36.7. The Balaban J connectivity index is 1.23. The van der Waals surface area contributed by atoms with Gasteiger partial charge in [0.2, 0.25) is 17.8 Å². The quantitative estimate of drug-likeness (QED) is 0.167. The summed E-state index contributed by atoms with van der Waals surface area (Å²) in [7, 11) is 1.70. The molecule has 1 aromatic carbocycles. The van der Waals surface area contributed by atoms with Gasteiger partial charge in [0.1, 0.15) is 11.3 Å². The van der Waals surface area contributed by atoms with Crippen molar-refractivity contribution in [1.29, 1.82) is 0 Å². The lowest BCUT2D eigenvalue weighted by atomic mass is 10.1. The molecule has 252 valence electrons. The highest BCUT2D eigenvalue weighted by atomic mass is 16.5. The molecule has 0 atom stereocenters. The summed E-state index contributed by atoms with van der Waals surface area (Å²) >= 11 is 0. The molecule has 1 aliphatic rings. The fourth-order valence-corrected chi connectivity index (χ4v) is 5.52. The predicted octanol–water partition coefficient (Wildman–Crippen LogP) is 2.88. The van der Waals surface area contributed by atoms with Crippen molar-refractivity contribution in [3.05, 3.63) is 41.6 Å². The van der Waals surface area contributed by atoms with Crippen molar-refractivity contribution in [2.45, 2.75) is 52.6 Å². The van der Waals surface area contributed by atoms with Crippen LogP contribution in [0.3, 0.4) is 0 Å². The van der Waals surface area contributed by atoms with Gasteiger partial charge in [-0.3, -0.25) is 14.5 Å². The van der Waals surface area contributed by atoms with Gasteiger partial charge in [-0.25, -0.2) is 4.98 Å². The first-order valence-corrected chi connectivity index (χ1v) is 16.3. The minimum absolute atomic E-state index is 0.0743. The second-order valence-electron chi connectivity index (χ2n) is 11.5. The molecule has 0 aliphatic carbocycles. The van der Waals surface area contributed by atoms with Crippen molar-refractivity contribution in [1.82, 2.24) is 29.7 Å². The maximum absolute atomic E-state index is 12.7. The number of carbonyl (C=O) groups is 2. The molecule has 13 heteroatoms. The number of nitrogens with one attached hydrogen (secondary N) is 2. The van der Waals surface area contributed by atoms with Gasteiger partial charge < -0.3 is 40.0 Å². The number of methoxy groups -OCH3 is 1. The maximum Gasteiger partial charge on any atom is 0.224 e. The molecule has 13 nitrogen and oxygen atoms in total. The number of nitrogens with zero attached hydrogens (tertiary/aromatic N) is 5. The molecule has 4 N–H and O–H groups in total. The number of hydrogen-bond acceptors (Lipinski definition) is 10. The Morgan fingerprint density at radius 1 is 0.957 bits per heavy atom. The zero-order valence-electron chi connectivity index (χ0n) is 27.6. The van der Waals surface area contributed by atoms with E-state index >= 15 is 0 Å². The smallest absolute Gasteiger partial charge is 0.224 e. The number of nitrogens with two attached hydrogens (primary N) is 1. The molecule has 0 unspecified atom stereocenters. The van der Waals surface area contributed by atoms with Crippen LogP contribution < -0.4 is 21.1 Å². The van der Waals surface area contributed by atoms with E-state index in [0.29, 0.717) is 59.0 Å². The summed E-state index contributed by atoms with van der Waals surface area (Å²) in [6, 6.07) is 8.36.